The van der Waals surface area contributed by atoms with Gasteiger partial charge in [0, 0.05) is 18.6 Å². The van der Waals surface area contributed by atoms with E-state index in [-0.39, 0.29) is 11.5 Å². The number of nitrogens with two attached hydrogens (primary N) is 1. The zero-order valence-electron chi connectivity index (χ0n) is 14.4. The molecule has 2 unspecified atom stereocenters. The lowest BCUT2D eigenvalue weighted by molar-refractivity contribution is 0.195. The molecule has 0 bridgehead atoms. The molecule has 1 aliphatic heterocycles. The molecule has 0 aliphatic carbocycles. The van der Waals surface area contributed by atoms with Crippen LogP contribution in [-0.2, 0) is 5.41 Å². The van der Waals surface area contributed by atoms with E-state index in [4.69, 9.17) is 5.73 Å². The summed E-state index contributed by atoms with van der Waals surface area (Å²) in [4.78, 5) is 2.59. The van der Waals surface area contributed by atoms with Crippen molar-refractivity contribution in [2.45, 2.75) is 65.0 Å². The minimum absolute atomic E-state index is 0.123. The van der Waals surface area contributed by atoms with Gasteiger partial charge in [0.05, 0.1) is 0 Å². The molecule has 0 saturated carbocycles. The molecule has 2 nitrogen and oxygen atoms in total. The van der Waals surface area contributed by atoms with Gasteiger partial charge in [0.15, 0.2) is 0 Å². The summed E-state index contributed by atoms with van der Waals surface area (Å²) in [5.74, 6) is 0.725. The van der Waals surface area contributed by atoms with Gasteiger partial charge in [-0.15, -0.1) is 0 Å². The lowest BCUT2D eigenvalue weighted by atomic mass is 9.86. The molecule has 2 rings (SSSR count). The van der Waals surface area contributed by atoms with Gasteiger partial charge in [-0.1, -0.05) is 58.9 Å². The normalized spacial score (nSPS) is 22.0. The van der Waals surface area contributed by atoms with Crippen molar-refractivity contribution in [2.24, 2.45) is 11.7 Å². The van der Waals surface area contributed by atoms with E-state index in [1.807, 2.05) is 0 Å². The van der Waals surface area contributed by atoms with Crippen LogP contribution in [-0.4, -0.2) is 24.0 Å². The van der Waals surface area contributed by atoms with Crippen molar-refractivity contribution in [3.05, 3.63) is 35.4 Å². The second-order valence-electron chi connectivity index (χ2n) is 7.93. The van der Waals surface area contributed by atoms with Gasteiger partial charge in [-0.2, -0.15) is 0 Å². The topological polar surface area (TPSA) is 29.3 Å². The third kappa shape index (κ3) is 4.08. The lowest BCUT2D eigenvalue weighted by Gasteiger charge is -2.30. The Morgan fingerprint density at radius 3 is 2.33 bits per heavy atom. The molecule has 21 heavy (non-hydrogen) atoms. The Kier molecular flexibility index (Phi) is 5.11. The smallest absolute Gasteiger partial charge is 0.0424 e. The molecule has 0 aromatic heterocycles. The molecule has 0 radical (unpaired) electrons. The van der Waals surface area contributed by atoms with Crippen LogP contribution < -0.4 is 5.73 Å². The van der Waals surface area contributed by atoms with E-state index in [1.54, 1.807) is 0 Å². The Bertz CT molecular complexity index is 442. The maximum atomic E-state index is 6.45. The summed E-state index contributed by atoms with van der Waals surface area (Å²) >= 11 is 0. The number of nitrogens with zero attached hydrogens (tertiary/aromatic N) is 1. The molecular weight excluding hydrogens is 256 g/mol. The summed E-state index contributed by atoms with van der Waals surface area (Å²) in [5, 5.41) is 0. The first-order valence-corrected chi connectivity index (χ1v) is 8.39. The van der Waals surface area contributed by atoms with Crippen LogP contribution in [0.15, 0.2) is 24.3 Å². The first kappa shape index (κ1) is 16.5. The maximum absolute atomic E-state index is 6.45. The number of rotatable bonds is 4. The van der Waals surface area contributed by atoms with Gasteiger partial charge in [0.25, 0.3) is 0 Å². The molecule has 2 N–H and O–H groups in total. The molecule has 1 saturated heterocycles. The quantitative estimate of drug-likeness (QED) is 0.903. The third-order valence-corrected chi connectivity index (χ3v) is 4.82. The van der Waals surface area contributed by atoms with Crippen LogP contribution in [0.1, 0.15) is 64.6 Å². The largest absolute Gasteiger partial charge is 0.323 e. The summed E-state index contributed by atoms with van der Waals surface area (Å²) in [6, 6.07) is 9.73. The highest BCUT2D eigenvalue weighted by Gasteiger charge is 2.28. The average Bonchev–Trinajstić information content (AvgIpc) is 2.86. The molecule has 1 aliphatic rings. The summed E-state index contributed by atoms with van der Waals surface area (Å²) in [6.07, 6.45) is 2.64. The van der Waals surface area contributed by atoms with Crippen molar-refractivity contribution in [2.75, 3.05) is 13.1 Å². The van der Waals surface area contributed by atoms with Crippen LogP contribution in [0, 0.1) is 5.92 Å². The first-order chi connectivity index (χ1) is 9.79. The van der Waals surface area contributed by atoms with Crippen molar-refractivity contribution in [3.8, 4) is 0 Å². The van der Waals surface area contributed by atoms with E-state index in [1.165, 1.54) is 30.5 Å². The molecular formula is C19H32N2. The first-order valence-electron chi connectivity index (χ1n) is 8.39. The molecule has 1 aromatic carbocycles. The number of hydrogen-bond donors (Lipinski definition) is 1. The van der Waals surface area contributed by atoms with Crippen LogP contribution in [0.4, 0.5) is 0 Å². The molecule has 118 valence electrons. The molecule has 0 amide bonds. The highest BCUT2D eigenvalue weighted by molar-refractivity contribution is 5.29. The Morgan fingerprint density at radius 2 is 1.81 bits per heavy atom. The van der Waals surface area contributed by atoms with Crippen LogP contribution in [0.25, 0.3) is 0 Å². The number of benzene rings is 1. The molecule has 1 aromatic rings. The number of likely N-dealkylation sites (tertiary alicyclic amines) is 1. The van der Waals surface area contributed by atoms with E-state index in [2.05, 4.69) is 63.8 Å². The van der Waals surface area contributed by atoms with Crippen LogP contribution in [0.5, 0.6) is 0 Å². The van der Waals surface area contributed by atoms with Gasteiger partial charge in [0.1, 0.15) is 0 Å². The fraction of sp³-hybridized carbons (Fsp3) is 0.684. The second-order valence-corrected chi connectivity index (χ2v) is 7.93. The highest BCUT2D eigenvalue weighted by atomic mass is 15.2. The van der Waals surface area contributed by atoms with Gasteiger partial charge in [-0.05, 0) is 41.8 Å². The fourth-order valence-electron chi connectivity index (χ4n) is 3.42. The standard InChI is InChI=1S/C19H32N2/c1-14(2)18-7-6-12-21(18)13-17(20)15-8-10-16(11-9-15)19(3,4)5/h8-11,14,17-18H,6-7,12-13,20H2,1-5H3. The van der Waals surface area contributed by atoms with E-state index < -0.39 is 0 Å². The van der Waals surface area contributed by atoms with Crippen LogP contribution in [0.3, 0.4) is 0 Å². The molecule has 2 heteroatoms. The van der Waals surface area contributed by atoms with Crippen LogP contribution in [0.2, 0.25) is 0 Å². The second kappa shape index (κ2) is 6.50. The summed E-state index contributed by atoms with van der Waals surface area (Å²) in [6.45, 7) is 13.6. The maximum Gasteiger partial charge on any atom is 0.0424 e. The molecule has 2 atom stereocenters. The zero-order valence-corrected chi connectivity index (χ0v) is 14.4. The predicted octanol–water partition coefficient (Wildman–Crippen LogP) is 4.10. The molecule has 1 heterocycles. The lowest BCUT2D eigenvalue weighted by Crippen LogP contribution is -2.38. The summed E-state index contributed by atoms with van der Waals surface area (Å²) in [5.41, 5.74) is 9.30. The monoisotopic (exact) mass is 288 g/mol. The van der Waals surface area contributed by atoms with Gasteiger partial charge in [-0.25, -0.2) is 0 Å². The minimum atomic E-state index is 0.123. The van der Waals surface area contributed by atoms with Gasteiger partial charge >= 0.3 is 0 Å². The fourth-order valence-corrected chi connectivity index (χ4v) is 3.42. The highest BCUT2D eigenvalue weighted by Crippen LogP contribution is 2.27. The van der Waals surface area contributed by atoms with Crippen molar-refractivity contribution in [1.82, 2.24) is 4.90 Å². The van der Waals surface area contributed by atoms with E-state index >= 15 is 0 Å². The SMILES string of the molecule is CC(C)C1CCCN1CC(N)c1ccc(C(C)(C)C)cc1. The Balaban J connectivity index is 2.02. The van der Waals surface area contributed by atoms with E-state index in [9.17, 15) is 0 Å². The Hall–Kier alpha value is -0.860. The van der Waals surface area contributed by atoms with Gasteiger partial charge < -0.3 is 5.73 Å². The summed E-state index contributed by atoms with van der Waals surface area (Å²) in [7, 11) is 0. The zero-order chi connectivity index (χ0) is 15.6. The summed E-state index contributed by atoms with van der Waals surface area (Å²) < 4.78 is 0. The van der Waals surface area contributed by atoms with Crippen molar-refractivity contribution >= 4 is 0 Å². The predicted molar refractivity (Wildman–Crippen MR) is 91.5 cm³/mol. The van der Waals surface area contributed by atoms with Crippen molar-refractivity contribution < 1.29 is 0 Å². The Labute approximate surface area is 130 Å². The van der Waals surface area contributed by atoms with Crippen LogP contribution >= 0.6 is 0 Å². The van der Waals surface area contributed by atoms with Gasteiger partial charge in [-0.3, -0.25) is 4.90 Å². The van der Waals surface area contributed by atoms with Crippen molar-refractivity contribution in [3.63, 3.8) is 0 Å². The van der Waals surface area contributed by atoms with E-state index in [0.717, 1.165) is 12.5 Å². The Morgan fingerprint density at radius 1 is 1.19 bits per heavy atom. The molecule has 1 fully saturated rings. The van der Waals surface area contributed by atoms with Gasteiger partial charge in [0.2, 0.25) is 0 Å². The van der Waals surface area contributed by atoms with E-state index in [0.29, 0.717) is 6.04 Å². The third-order valence-electron chi connectivity index (χ3n) is 4.82. The number of hydrogen-bond acceptors (Lipinski definition) is 2. The molecule has 0 spiro atoms. The van der Waals surface area contributed by atoms with Crippen molar-refractivity contribution in [1.29, 1.82) is 0 Å². The minimum Gasteiger partial charge on any atom is -0.323 e. The average molecular weight is 288 g/mol.